The number of nitriles is 1. The van der Waals surface area contributed by atoms with Crippen molar-refractivity contribution in [1.82, 2.24) is 15.6 Å². The summed E-state index contributed by atoms with van der Waals surface area (Å²) in [4.78, 5) is 25.8. The fraction of sp³-hybridized carbons (Fsp3) is 0.350. The van der Waals surface area contributed by atoms with Crippen molar-refractivity contribution in [3.8, 4) is 6.07 Å². The normalized spacial score (nSPS) is 16.6. The molecule has 0 aliphatic carbocycles. The number of hydrogen-bond acceptors (Lipinski definition) is 9. The van der Waals surface area contributed by atoms with E-state index in [1.165, 1.54) is 0 Å². The minimum Gasteiger partial charge on any atom is -0.463 e. The van der Waals surface area contributed by atoms with Gasteiger partial charge >= 0.3 is 11.9 Å². The van der Waals surface area contributed by atoms with Gasteiger partial charge in [0.05, 0.1) is 29.8 Å². The van der Waals surface area contributed by atoms with Gasteiger partial charge in [0.2, 0.25) is 0 Å². The van der Waals surface area contributed by atoms with E-state index in [1.807, 2.05) is 6.07 Å². The summed E-state index contributed by atoms with van der Waals surface area (Å²) >= 11 is 0. The number of aromatic nitrogens is 2. The molecule has 0 spiro atoms. The lowest BCUT2D eigenvalue weighted by atomic mass is 9.80. The summed E-state index contributed by atoms with van der Waals surface area (Å²) in [7, 11) is 0. The van der Waals surface area contributed by atoms with Gasteiger partial charge in [-0.25, -0.2) is 14.2 Å². The molecule has 150 valence electrons. The highest BCUT2D eigenvalue weighted by molar-refractivity contribution is 6.01. The number of carbonyl (C=O) groups is 2. The maximum Gasteiger partial charge on any atom is 0.337 e. The van der Waals surface area contributed by atoms with Gasteiger partial charge in [0.1, 0.15) is 22.8 Å². The Labute approximate surface area is 166 Å². The number of carbonyl (C=O) groups excluding carboxylic acids is 2. The Hall–Kier alpha value is -3.67. The summed E-state index contributed by atoms with van der Waals surface area (Å²) in [5.41, 5.74) is 1.91. The lowest BCUT2D eigenvalue weighted by Crippen LogP contribution is -2.33. The van der Waals surface area contributed by atoms with Gasteiger partial charge in [-0.05, 0) is 49.6 Å². The largest absolute Gasteiger partial charge is 0.463 e. The van der Waals surface area contributed by atoms with Crippen molar-refractivity contribution >= 4 is 23.0 Å². The maximum absolute atomic E-state index is 13.0. The third-order valence-corrected chi connectivity index (χ3v) is 4.36. The predicted octanol–water partition coefficient (Wildman–Crippen LogP) is 2.48. The van der Waals surface area contributed by atoms with E-state index in [0.717, 1.165) is 0 Å². The van der Waals surface area contributed by atoms with Crippen molar-refractivity contribution in [3.63, 3.8) is 0 Å². The van der Waals surface area contributed by atoms with Crippen molar-refractivity contribution in [2.45, 2.75) is 39.7 Å². The smallest absolute Gasteiger partial charge is 0.337 e. The first-order chi connectivity index (χ1) is 13.9. The van der Waals surface area contributed by atoms with Gasteiger partial charge in [-0.15, -0.1) is 0 Å². The number of benzene rings is 1. The van der Waals surface area contributed by atoms with Crippen molar-refractivity contribution < 1.29 is 23.7 Å². The molecule has 0 fully saturated rings. The molecule has 1 aliphatic heterocycles. The zero-order valence-electron chi connectivity index (χ0n) is 16.5. The molecule has 1 atom stereocenters. The second-order valence-corrected chi connectivity index (χ2v) is 6.65. The molecule has 1 aromatic carbocycles. The molecule has 9 heteroatoms. The molecule has 0 radical (unpaired) electrons. The van der Waals surface area contributed by atoms with Crippen molar-refractivity contribution in [3.05, 3.63) is 46.3 Å². The van der Waals surface area contributed by atoms with Gasteiger partial charge in [-0.1, -0.05) is 12.1 Å². The van der Waals surface area contributed by atoms with E-state index in [1.54, 1.807) is 45.9 Å². The van der Waals surface area contributed by atoms with Crippen LogP contribution in [0.2, 0.25) is 0 Å². The number of dihydropyridines is 1. The lowest BCUT2D eigenvalue weighted by Gasteiger charge is -2.29. The van der Waals surface area contributed by atoms with Crippen LogP contribution in [-0.2, 0) is 19.1 Å². The Kier molecular flexibility index (Phi) is 5.64. The topological polar surface area (TPSA) is 127 Å². The highest BCUT2D eigenvalue weighted by Gasteiger charge is 2.40. The minimum atomic E-state index is -0.938. The molecule has 1 aromatic heterocycles. The molecule has 1 N–H and O–H groups in total. The highest BCUT2D eigenvalue weighted by Crippen LogP contribution is 2.41. The Balaban J connectivity index is 2.29. The first-order valence-corrected chi connectivity index (χ1v) is 9.10. The first kappa shape index (κ1) is 20.1. The van der Waals surface area contributed by atoms with Crippen molar-refractivity contribution in [2.75, 3.05) is 6.61 Å². The highest BCUT2D eigenvalue weighted by atomic mass is 16.6. The van der Waals surface area contributed by atoms with Crippen LogP contribution in [0.5, 0.6) is 0 Å². The zero-order valence-corrected chi connectivity index (χ0v) is 16.5. The van der Waals surface area contributed by atoms with Crippen LogP contribution >= 0.6 is 0 Å². The van der Waals surface area contributed by atoms with Crippen LogP contribution in [0.4, 0.5) is 0 Å². The van der Waals surface area contributed by atoms with E-state index in [9.17, 15) is 14.9 Å². The summed E-state index contributed by atoms with van der Waals surface area (Å²) in [6, 6.07) is 7.09. The molecular formula is C20H20N4O5. The molecule has 29 heavy (non-hydrogen) atoms. The van der Waals surface area contributed by atoms with Crippen LogP contribution in [0.3, 0.4) is 0 Å². The number of fused-ring (bicyclic) bond motifs is 1. The number of hydrogen-bond donors (Lipinski definition) is 1. The van der Waals surface area contributed by atoms with E-state index in [-0.39, 0.29) is 29.6 Å². The summed E-state index contributed by atoms with van der Waals surface area (Å²) in [5.74, 6) is -2.26. The molecule has 1 unspecified atom stereocenters. The summed E-state index contributed by atoms with van der Waals surface area (Å²) in [5, 5.41) is 20.2. The van der Waals surface area contributed by atoms with Gasteiger partial charge in [0.25, 0.3) is 0 Å². The first-order valence-electron chi connectivity index (χ1n) is 9.10. The Morgan fingerprint density at radius 2 is 2.03 bits per heavy atom. The molecule has 0 amide bonds. The van der Waals surface area contributed by atoms with Gasteiger partial charge in [-0.3, -0.25) is 0 Å². The lowest BCUT2D eigenvalue weighted by molar-refractivity contribution is -0.143. The maximum atomic E-state index is 13.0. The fourth-order valence-corrected chi connectivity index (χ4v) is 3.26. The third-order valence-electron chi connectivity index (χ3n) is 4.36. The van der Waals surface area contributed by atoms with Gasteiger partial charge in [-0.2, -0.15) is 5.26 Å². The second-order valence-electron chi connectivity index (χ2n) is 6.65. The Morgan fingerprint density at radius 3 is 2.69 bits per heavy atom. The van der Waals surface area contributed by atoms with E-state index >= 15 is 0 Å². The number of ether oxygens (including phenoxy) is 2. The molecule has 1 aliphatic rings. The number of rotatable bonds is 5. The van der Waals surface area contributed by atoms with Crippen LogP contribution in [0, 0.1) is 11.3 Å². The molecular weight excluding hydrogens is 376 g/mol. The van der Waals surface area contributed by atoms with Gasteiger partial charge in [0.15, 0.2) is 0 Å². The zero-order chi connectivity index (χ0) is 21.1. The van der Waals surface area contributed by atoms with Crippen LogP contribution in [0.15, 0.2) is 45.4 Å². The van der Waals surface area contributed by atoms with Gasteiger partial charge in [0, 0.05) is 5.70 Å². The van der Waals surface area contributed by atoms with E-state index in [0.29, 0.717) is 22.3 Å². The van der Waals surface area contributed by atoms with Gasteiger partial charge < -0.3 is 14.8 Å². The van der Waals surface area contributed by atoms with Crippen LogP contribution in [-0.4, -0.2) is 35.0 Å². The van der Waals surface area contributed by atoms with Crippen molar-refractivity contribution in [1.29, 1.82) is 5.26 Å². The standard InChI is InChI=1S/C20H20N4O5/c1-5-27-19(25)17-14(9-21)22-11(4)15(20(26)28-10(2)3)16(17)12-7-6-8-13-18(12)24-29-23-13/h6-8,10,16,22H,5H2,1-4H3. The second kappa shape index (κ2) is 8.14. The molecule has 0 bridgehead atoms. The number of nitrogens with zero attached hydrogens (tertiary/aromatic N) is 3. The summed E-state index contributed by atoms with van der Waals surface area (Å²) in [6.45, 7) is 6.86. The van der Waals surface area contributed by atoms with E-state index in [2.05, 4.69) is 15.6 Å². The number of esters is 2. The SMILES string of the molecule is CCOC(=O)C1=C(C#N)NC(C)=C(C(=O)OC(C)C)C1c1cccc2nonc12. The third kappa shape index (κ3) is 3.69. The molecule has 9 nitrogen and oxygen atoms in total. The minimum absolute atomic E-state index is 0.000467. The molecule has 2 aromatic rings. The van der Waals surface area contributed by atoms with Crippen molar-refractivity contribution in [2.24, 2.45) is 0 Å². The van der Waals surface area contributed by atoms with Crippen LogP contribution in [0.1, 0.15) is 39.2 Å². The predicted molar refractivity (Wildman–Crippen MR) is 101 cm³/mol. The average Bonchev–Trinajstić information content (AvgIpc) is 3.15. The fourth-order valence-electron chi connectivity index (χ4n) is 3.26. The Bertz CT molecular complexity index is 1070. The van der Waals surface area contributed by atoms with Crippen LogP contribution < -0.4 is 5.32 Å². The summed E-state index contributed by atoms with van der Waals surface area (Å²) < 4.78 is 15.4. The van der Waals surface area contributed by atoms with E-state index < -0.39 is 17.9 Å². The molecule has 0 saturated heterocycles. The Morgan fingerprint density at radius 1 is 1.28 bits per heavy atom. The monoisotopic (exact) mass is 396 g/mol. The van der Waals surface area contributed by atoms with Crippen LogP contribution in [0.25, 0.3) is 11.0 Å². The molecule has 2 heterocycles. The molecule has 3 rings (SSSR count). The quantitative estimate of drug-likeness (QED) is 0.758. The number of allylic oxidation sites excluding steroid dienone is 2. The number of nitrogens with one attached hydrogen (secondary N) is 1. The summed E-state index contributed by atoms with van der Waals surface area (Å²) in [6.07, 6.45) is -0.375. The average molecular weight is 396 g/mol. The van der Waals surface area contributed by atoms with E-state index in [4.69, 9.17) is 14.1 Å². The molecule has 0 saturated carbocycles.